The predicted molar refractivity (Wildman–Crippen MR) is 88.2 cm³/mol. The number of nitrogens with zero attached hydrogens (tertiary/aromatic N) is 1. The van der Waals surface area contributed by atoms with E-state index in [1.165, 1.54) is 11.1 Å². The van der Waals surface area contributed by atoms with Crippen molar-refractivity contribution in [3.05, 3.63) is 59.7 Å². The van der Waals surface area contributed by atoms with Gasteiger partial charge in [0.15, 0.2) is 0 Å². The van der Waals surface area contributed by atoms with Crippen LogP contribution in [0.15, 0.2) is 53.5 Å². The zero-order chi connectivity index (χ0) is 15.5. The van der Waals surface area contributed by atoms with Gasteiger partial charge in [-0.25, -0.2) is 0 Å². The number of fused-ring (bicyclic) bond motifs is 3. The molecule has 0 radical (unpaired) electrons. The van der Waals surface area contributed by atoms with Crippen molar-refractivity contribution in [2.45, 2.75) is 13.8 Å². The number of rotatable bonds is 4. The molecule has 0 saturated carbocycles. The van der Waals surface area contributed by atoms with Crippen LogP contribution in [0.1, 0.15) is 25.0 Å². The van der Waals surface area contributed by atoms with Gasteiger partial charge in [-0.2, -0.15) is 0 Å². The van der Waals surface area contributed by atoms with Crippen molar-refractivity contribution >= 4 is 11.7 Å². The van der Waals surface area contributed by atoms with Crippen molar-refractivity contribution in [2.24, 2.45) is 10.9 Å². The van der Waals surface area contributed by atoms with Gasteiger partial charge in [0.1, 0.15) is 6.54 Å². The second-order valence-corrected chi connectivity index (χ2v) is 5.83. The molecule has 112 valence electrons. The molecule has 1 aliphatic carbocycles. The lowest BCUT2D eigenvalue weighted by atomic mass is 10.1. The van der Waals surface area contributed by atoms with E-state index in [2.05, 4.69) is 17.1 Å². The summed E-state index contributed by atoms with van der Waals surface area (Å²) in [6.07, 6.45) is 0. The van der Waals surface area contributed by atoms with Gasteiger partial charge in [0.05, 0.1) is 12.3 Å². The van der Waals surface area contributed by atoms with Gasteiger partial charge < -0.3 is 4.74 Å². The zero-order valence-corrected chi connectivity index (χ0v) is 12.9. The summed E-state index contributed by atoms with van der Waals surface area (Å²) in [6.45, 7) is 4.53. The Morgan fingerprint density at radius 1 is 0.955 bits per heavy atom. The first kappa shape index (κ1) is 14.5. The number of hydrogen-bond acceptors (Lipinski definition) is 3. The number of carbonyl (C=O) groups excluding carboxylic acids is 1. The Morgan fingerprint density at radius 3 is 1.95 bits per heavy atom. The molecule has 3 rings (SSSR count). The summed E-state index contributed by atoms with van der Waals surface area (Å²) in [6, 6.07) is 16.3. The lowest BCUT2D eigenvalue weighted by Crippen LogP contribution is -2.14. The number of esters is 1. The molecular formula is C19H19NO2. The average Bonchev–Trinajstić information content (AvgIpc) is 2.85. The fourth-order valence-electron chi connectivity index (χ4n) is 2.61. The van der Waals surface area contributed by atoms with Gasteiger partial charge in [0.25, 0.3) is 0 Å². The molecule has 3 heteroatoms. The topological polar surface area (TPSA) is 38.7 Å². The van der Waals surface area contributed by atoms with E-state index in [9.17, 15) is 4.79 Å². The van der Waals surface area contributed by atoms with E-state index < -0.39 is 0 Å². The van der Waals surface area contributed by atoms with E-state index in [0.717, 1.165) is 16.8 Å². The SMILES string of the molecule is CC(C)COC(=O)CN=C1c2ccccc2-c2ccccc21. The normalized spacial score (nSPS) is 12.0. The standard InChI is InChI=1S/C19H19NO2/c1-13(2)12-22-18(21)11-20-19-16-9-5-3-7-14(16)15-8-4-6-10-17(15)19/h3-10,13H,11-12H2,1-2H3. The van der Waals surface area contributed by atoms with E-state index >= 15 is 0 Å². The highest BCUT2D eigenvalue weighted by Gasteiger charge is 2.23. The monoisotopic (exact) mass is 293 g/mol. The highest BCUT2D eigenvalue weighted by atomic mass is 16.5. The van der Waals surface area contributed by atoms with Gasteiger partial charge in [-0.05, 0) is 17.0 Å². The van der Waals surface area contributed by atoms with Crippen molar-refractivity contribution in [2.75, 3.05) is 13.2 Å². The Kier molecular flexibility index (Phi) is 4.05. The third kappa shape index (κ3) is 2.80. The molecule has 0 N–H and O–H groups in total. The first-order valence-electron chi connectivity index (χ1n) is 7.56. The summed E-state index contributed by atoms with van der Waals surface area (Å²) in [5, 5.41) is 0. The Bertz CT molecular complexity index is 684. The van der Waals surface area contributed by atoms with Crippen LogP contribution >= 0.6 is 0 Å². The molecule has 0 spiro atoms. The molecule has 0 aromatic heterocycles. The molecule has 0 fully saturated rings. The largest absolute Gasteiger partial charge is 0.464 e. The molecule has 0 saturated heterocycles. The van der Waals surface area contributed by atoms with E-state index in [0.29, 0.717) is 12.5 Å². The second-order valence-electron chi connectivity index (χ2n) is 5.83. The van der Waals surface area contributed by atoms with E-state index in [1.807, 2.05) is 50.2 Å². The third-order valence-corrected chi connectivity index (χ3v) is 3.60. The van der Waals surface area contributed by atoms with Gasteiger partial charge in [-0.3, -0.25) is 9.79 Å². The molecule has 2 aromatic rings. The van der Waals surface area contributed by atoms with Gasteiger partial charge >= 0.3 is 5.97 Å². The quantitative estimate of drug-likeness (QED) is 0.688. The number of ether oxygens (including phenoxy) is 1. The van der Waals surface area contributed by atoms with Crippen LogP contribution in [-0.4, -0.2) is 24.8 Å². The Hall–Kier alpha value is -2.42. The Balaban J connectivity index is 1.87. The van der Waals surface area contributed by atoms with Gasteiger partial charge in [-0.15, -0.1) is 0 Å². The summed E-state index contributed by atoms with van der Waals surface area (Å²) in [5.74, 6) is 0.0626. The minimum absolute atomic E-state index is 0.0602. The van der Waals surface area contributed by atoms with E-state index in [4.69, 9.17) is 4.74 Å². The number of aliphatic imine (C=N–C) groups is 1. The first-order chi connectivity index (χ1) is 10.7. The van der Waals surface area contributed by atoms with Crippen molar-refractivity contribution in [1.29, 1.82) is 0 Å². The van der Waals surface area contributed by atoms with Crippen molar-refractivity contribution in [3.8, 4) is 11.1 Å². The number of carbonyl (C=O) groups is 1. The molecule has 0 unspecified atom stereocenters. The van der Waals surface area contributed by atoms with Crippen LogP contribution in [-0.2, 0) is 9.53 Å². The zero-order valence-electron chi connectivity index (χ0n) is 12.9. The van der Waals surface area contributed by atoms with Crippen LogP contribution in [0.2, 0.25) is 0 Å². The molecule has 2 aromatic carbocycles. The van der Waals surface area contributed by atoms with Crippen molar-refractivity contribution in [1.82, 2.24) is 0 Å². The van der Waals surface area contributed by atoms with Crippen molar-refractivity contribution < 1.29 is 9.53 Å². The van der Waals surface area contributed by atoms with Crippen molar-refractivity contribution in [3.63, 3.8) is 0 Å². The summed E-state index contributed by atoms with van der Waals surface area (Å²) < 4.78 is 5.19. The van der Waals surface area contributed by atoms with Crippen LogP contribution < -0.4 is 0 Å². The maximum atomic E-state index is 11.8. The summed E-state index contributed by atoms with van der Waals surface area (Å²) in [4.78, 5) is 16.3. The molecule has 3 nitrogen and oxygen atoms in total. The molecule has 1 aliphatic rings. The van der Waals surface area contributed by atoms with Crippen LogP contribution in [0.3, 0.4) is 0 Å². The molecule has 0 atom stereocenters. The molecule has 0 aliphatic heterocycles. The fraction of sp³-hybridized carbons (Fsp3) is 0.263. The second kappa shape index (κ2) is 6.14. The molecule has 0 amide bonds. The highest BCUT2D eigenvalue weighted by Crippen LogP contribution is 2.36. The fourth-order valence-corrected chi connectivity index (χ4v) is 2.61. The van der Waals surface area contributed by atoms with Crippen LogP contribution in [0.4, 0.5) is 0 Å². The molecule has 0 heterocycles. The maximum absolute atomic E-state index is 11.8. The summed E-state index contributed by atoms with van der Waals surface area (Å²) in [7, 11) is 0. The molecular weight excluding hydrogens is 274 g/mol. The van der Waals surface area contributed by atoms with Crippen LogP contribution in [0.25, 0.3) is 11.1 Å². The smallest absolute Gasteiger partial charge is 0.327 e. The number of hydrogen-bond donors (Lipinski definition) is 0. The lowest BCUT2D eigenvalue weighted by Gasteiger charge is -2.06. The predicted octanol–water partition coefficient (Wildman–Crippen LogP) is 3.70. The van der Waals surface area contributed by atoms with Gasteiger partial charge in [0.2, 0.25) is 0 Å². The van der Waals surface area contributed by atoms with Gasteiger partial charge in [0, 0.05) is 11.1 Å². The van der Waals surface area contributed by atoms with Crippen LogP contribution in [0, 0.1) is 5.92 Å². The van der Waals surface area contributed by atoms with E-state index in [1.54, 1.807) is 0 Å². The van der Waals surface area contributed by atoms with E-state index in [-0.39, 0.29) is 12.5 Å². The van der Waals surface area contributed by atoms with Gasteiger partial charge in [-0.1, -0.05) is 62.4 Å². The average molecular weight is 293 g/mol. The molecule has 22 heavy (non-hydrogen) atoms. The maximum Gasteiger partial charge on any atom is 0.327 e. The molecule has 0 bridgehead atoms. The van der Waals surface area contributed by atoms with Crippen LogP contribution in [0.5, 0.6) is 0 Å². The first-order valence-corrected chi connectivity index (χ1v) is 7.56. The summed E-state index contributed by atoms with van der Waals surface area (Å²) in [5.41, 5.74) is 5.40. The minimum Gasteiger partial charge on any atom is -0.464 e. The highest BCUT2D eigenvalue weighted by molar-refractivity contribution is 6.24. The Morgan fingerprint density at radius 2 is 1.45 bits per heavy atom. The lowest BCUT2D eigenvalue weighted by molar-refractivity contribution is -0.142. The minimum atomic E-state index is -0.275. The summed E-state index contributed by atoms with van der Waals surface area (Å²) >= 11 is 0. The Labute approximate surface area is 130 Å². The number of benzene rings is 2. The third-order valence-electron chi connectivity index (χ3n) is 3.60.